The molecule has 0 amide bonds. The molecule has 1 saturated heterocycles. The van der Waals surface area contributed by atoms with Crippen LogP contribution in [0.5, 0.6) is 0 Å². The minimum atomic E-state index is 0.855. The Kier molecular flexibility index (Phi) is 4.93. The van der Waals surface area contributed by atoms with E-state index >= 15 is 0 Å². The number of aromatic nitrogens is 3. The summed E-state index contributed by atoms with van der Waals surface area (Å²) in [5.74, 6) is 0.855. The minimum absolute atomic E-state index is 0.855. The van der Waals surface area contributed by atoms with Gasteiger partial charge in [-0.25, -0.2) is 4.68 Å². The molecule has 0 aromatic carbocycles. The summed E-state index contributed by atoms with van der Waals surface area (Å²) in [4.78, 5) is 4.83. The Morgan fingerprint density at radius 2 is 2.16 bits per heavy atom. The number of hydrogen-bond donors (Lipinski definition) is 0. The van der Waals surface area contributed by atoms with Gasteiger partial charge in [-0.05, 0) is 59.8 Å². The molecule has 0 aliphatic carbocycles. The third-order valence-corrected chi connectivity index (χ3v) is 4.06. The molecule has 19 heavy (non-hydrogen) atoms. The predicted molar refractivity (Wildman–Crippen MR) is 77.0 cm³/mol. The SMILES string of the molecule is CCn1nnc(C)c1CN1CCC(CCN(C)C)C1. The fraction of sp³-hybridized carbons (Fsp3) is 0.857. The monoisotopic (exact) mass is 265 g/mol. The van der Waals surface area contributed by atoms with E-state index < -0.39 is 0 Å². The Balaban J connectivity index is 1.86. The smallest absolute Gasteiger partial charge is 0.0841 e. The first kappa shape index (κ1) is 14.5. The van der Waals surface area contributed by atoms with Gasteiger partial charge in [-0.15, -0.1) is 5.10 Å². The molecule has 1 fully saturated rings. The second-order valence-corrected chi connectivity index (χ2v) is 5.92. The molecule has 1 aliphatic rings. The minimum Gasteiger partial charge on any atom is -0.309 e. The molecule has 1 aromatic heterocycles. The first-order valence-corrected chi connectivity index (χ1v) is 7.36. The molecule has 108 valence electrons. The highest BCUT2D eigenvalue weighted by molar-refractivity contribution is 5.08. The predicted octanol–water partition coefficient (Wildman–Crippen LogP) is 1.38. The zero-order valence-corrected chi connectivity index (χ0v) is 12.8. The summed E-state index contributed by atoms with van der Waals surface area (Å²) >= 11 is 0. The molecule has 0 saturated carbocycles. The van der Waals surface area contributed by atoms with E-state index in [0.717, 1.165) is 24.7 Å². The van der Waals surface area contributed by atoms with Crippen LogP contribution in [0.2, 0.25) is 0 Å². The van der Waals surface area contributed by atoms with Gasteiger partial charge in [0, 0.05) is 19.6 Å². The van der Waals surface area contributed by atoms with Crippen LogP contribution in [-0.4, -0.2) is 58.5 Å². The van der Waals surface area contributed by atoms with Crippen molar-refractivity contribution < 1.29 is 0 Å². The standard InChI is InChI=1S/C14H27N5/c1-5-19-14(12(2)15-16-19)11-18-9-7-13(10-18)6-8-17(3)4/h13H,5-11H2,1-4H3. The van der Waals surface area contributed by atoms with Crippen LogP contribution >= 0.6 is 0 Å². The zero-order chi connectivity index (χ0) is 13.8. The fourth-order valence-corrected chi connectivity index (χ4v) is 2.81. The first-order valence-electron chi connectivity index (χ1n) is 7.36. The molecule has 0 bridgehead atoms. The quantitative estimate of drug-likeness (QED) is 0.779. The maximum Gasteiger partial charge on any atom is 0.0841 e. The summed E-state index contributed by atoms with van der Waals surface area (Å²) in [5, 5.41) is 8.38. The van der Waals surface area contributed by atoms with E-state index in [-0.39, 0.29) is 0 Å². The van der Waals surface area contributed by atoms with E-state index in [0.29, 0.717) is 0 Å². The lowest BCUT2D eigenvalue weighted by Crippen LogP contribution is -2.23. The molecule has 2 rings (SSSR count). The van der Waals surface area contributed by atoms with Gasteiger partial charge in [0.1, 0.15) is 0 Å². The molecule has 5 nitrogen and oxygen atoms in total. The molecule has 5 heteroatoms. The van der Waals surface area contributed by atoms with Crippen LogP contribution in [0.1, 0.15) is 31.2 Å². The summed E-state index contributed by atoms with van der Waals surface area (Å²) in [7, 11) is 4.31. The molecule has 1 aromatic rings. The highest BCUT2D eigenvalue weighted by atomic mass is 15.4. The summed E-state index contributed by atoms with van der Waals surface area (Å²) in [6.07, 6.45) is 2.65. The van der Waals surface area contributed by atoms with Crippen molar-refractivity contribution in [3.8, 4) is 0 Å². The molecule has 2 heterocycles. The van der Waals surface area contributed by atoms with Gasteiger partial charge in [0.2, 0.25) is 0 Å². The van der Waals surface area contributed by atoms with Gasteiger partial charge < -0.3 is 4.90 Å². The largest absolute Gasteiger partial charge is 0.309 e. The Bertz CT molecular complexity index is 399. The van der Waals surface area contributed by atoms with E-state index in [1.54, 1.807) is 0 Å². The molecular formula is C14H27N5. The molecule has 1 aliphatic heterocycles. The number of aryl methyl sites for hydroxylation is 2. The Morgan fingerprint density at radius 3 is 2.84 bits per heavy atom. The highest BCUT2D eigenvalue weighted by Crippen LogP contribution is 2.22. The van der Waals surface area contributed by atoms with Gasteiger partial charge in [0.15, 0.2) is 0 Å². The average Bonchev–Trinajstić information content (AvgIpc) is 2.96. The molecule has 0 N–H and O–H groups in total. The van der Waals surface area contributed by atoms with Crippen molar-refractivity contribution in [1.82, 2.24) is 24.8 Å². The third-order valence-electron chi connectivity index (χ3n) is 4.06. The maximum absolute atomic E-state index is 4.19. The average molecular weight is 265 g/mol. The van der Waals surface area contributed by atoms with Gasteiger partial charge in [0.25, 0.3) is 0 Å². The van der Waals surface area contributed by atoms with Crippen molar-refractivity contribution >= 4 is 0 Å². The first-order chi connectivity index (χ1) is 9.10. The van der Waals surface area contributed by atoms with Crippen LogP contribution in [0.4, 0.5) is 0 Å². The van der Waals surface area contributed by atoms with Crippen molar-refractivity contribution in [2.75, 3.05) is 33.7 Å². The summed E-state index contributed by atoms with van der Waals surface area (Å²) < 4.78 is 2.03. The third kappa shape index (κ3) is 3.76. The van der Waals surface area contributed by atoms with Gasteiger partial charge in [-0.1, -0.05) is 5.21 Å². The fourth-order valence-electron chi connectivity index (χ4n) is 2.81. The van der Waals surface area contributed by atoms with Gasteiger partial charge >= 0.3 is 0 Å². The number of nitrogens with zero attached hydrogens (tertiary/aromatic N) is 5. The maximum atomic E-state index is 4.19. The Labute approximate surface area is 116 Å². The van der Waals surface area contributed by atoms with Crippen molar-refractivity contribution in [2.24, 2.45) is 5.92 Å². The normalized spacial score (nSPS) is 20.6. The lowest BCUT2D eigenvalue weighted by atomic mass is 10.1. The van der Waals surface area contributed by atoms with Crippen molar-refractivity contribution in [1.29, 1.82) is 0 Å². The van der Waals surface area contributed by atoms with E-state index in [1.807, 2.05) is 4.68 Å². The van der Waals surface area contributed by atoms with Gasteiger partial charge in [-0.3, -0.25) is 4.90 Å². The van der Waals surface area contributed by atoms with Crippen LogP contribution in [0.3, 0.4) is 0 Å². The van der Waals surface area contributed by atoms with Crippen LogP contribution in [0, 0.1) is 12.8 Å². The zero-order valence-electron chi connectivity index (χ0n) is 12.8. The van der Waals surface area contributed by atoms with E-state index in [9.17, 15) is 0 Å². The Morgan fingerprint density at radius 1 is 1.37 bits per heavy atom. The van der Waals surface area contributed by atoms with Gasteiger partial charge in [-0.2, -0.15) is 0 Å². The molecule has 1 unspecified atom stereocenters. The number of rotatable bonds is 6. The van der Waals surface area contributed by atoms with Crippen LogP contribution in [-0.2, 0) is 13.1 Å². The van der Waals surface area contributed by atoms with Crippen molar-refractivity contribution in [2.45, 2.75) is 39.8 Å². The summed E-state index contributed by atoms with van der Waals surface area (Å²) in [6, 6.07) is 0. The van der Waals surface area contributed by atoms with Gasteiger partial charge in [0.05, 0.1) is 11.4 Å². The van der Waals surface area contributed by atoms with E-state index in [4.69, 9.17) is 0 Å². The number of hydrogen-bond acceptors (Lipinski definition) is 4. The second-order valence-electron chi connectivity index (χ2n) is 5.92. The van der Waals surface area contributed by atoms with Crippen molar-refractivity contribution in [3.63, 3.8) is 0 Å². The highest BCUT2D eigenvalue weighted by Gasteiger charge is 2.24. The van der Waals surface area contributed by atoms with Crippen LogP contribution < -0.4 is 0 Å². The second kappa shape index (κ2) is 6.48. The topological polar surface area (TPSA) is 37.2 Å². The molecule has 1 atom stereocenters. The summed E-state index contributed by atoms with van der Waals surface area (Å²) in [5.41, 5.74) is 2.37. The summed E-state index contributed by atoms with van der Waals surface area (Å²) in [6.45, 7) is 9.75. The lowest BCUT2D eigenvalue weighted by molar-refractivity contribution is 0.291. The van der Waals surface area contributed by atoms with Crippen LogP contribution in [0.15, 0.2) is 0 Å². The molecule has 0 spiro atoms. The van der Waals surface area contributed by atoms with E-state index in [2.05, 4.69) is 48.1 Å². The molecular weight excluding hydrogens is 238 g/mol. The number of likely N-dealkylation sites (tertiary alicyclic amines) is 1. The van der Waals surface area contributed by atoms with Crippen molar-refractivity contribution in [3.05, 3.63) is 11.4 Å². The molecule has 0 radical (unpaired) electrons. The lowest BCUT2D eigenvalue weighted by Gasteiger charge is -2.17. The van der Waals surface area contributed by atoms with E-state index in [1.165, 1.54) is 38.2 Å². The Hall–Kier alpha value is -0.940. The van der Waals surface area contributed by atoms with Crippen LogP contribution in [0.25, 0.3) is 0 Å².